The Hall–Kier alpha value is -4.46. The monoisotopic (exact) mass is 560 g/mol. The summed E-state index contributed by atoms with van der Waals surface area (Å²) in [5.41, 5.74) is 12.5. The maximum Gasteiger partial charge on any atom is 0.326 e. The number of aromatic amines is 1. The van der Waals surface area contributed by atoms with Crippen LogP contribution in [0.25, 0.3) is 10.9 Å². The maximum absolute atomic E-state index is 13.5. The van der Waals surface area contributed by atoms with Gasteiger partial charge in [-0.1, -0.05) is 32.0 Å². The topological polar surface area (TPSA) is 247 Å². The summed E-state index contributed by atoms with van der Waals surface area (Å²) in [5.74, 6) is -6.03. The van der Waals surface area contributed by atoms with E-state index in [2.05, 4.69) is 20.9 Å². The SMILES string of the molecule is CC(C)C(NC(=O)C(Cc1c[nH]c2ccccc12)NC(=O)C(N)CCC(N)=O)C(=O)NC(CCC(=O)O)C(=O)O. The summed E-state index contributed by atoms with van der Waals surface area (Å²) >= 11 is 0. The van der Waals surface area contributed by atoms with E-state index in [9.17, 15) is 33.9 Å². The van der Waals surface area contributed by atoms with Crippen LogP contribution < -0.4 is 27.4 Å². The number of aromatic nitrogens is 1. The van der Waals surface area contributed by atoms with Crippen molar-refractivity contribution in [2.75, 3.05) is 0 Å². The number of carboxylic acids is 2. The smallest absolute Gasteiger partial charge is 0.326 e. The number of hydrogen-bond acceptors (Lipinski definition) is 7. The highest BCUT2D eigenvalue weighted by molar-refractivity contribution is 5.95. The van der Waals surface area contributed by atoms with E-state index in [-0.39, 0.29) is 25.7 Å². The fraction of sp³-hybridized carbons (Fsp3) is 0.462. The van der Waals surface area contributed by atoms with E-state index < -0.39 is 72.1 Å². The number of hydrogen-bond donors (Lipinski definition) is 8. The second kappa shape index (κ2) is 14.6. The number of benzene rings is 1. The van der Waals surface area contributed by atoms with Crippen molar-refractivity contribution in [1.82, 2.24) is 20.9 Å². The second-order valence-electron chi connectivity index (χ2n) is 9.80. The average Bonchev–Trinajstić information content (AvgIpc) is 3.29. The minimum Gasteiger partial charge on any atom is -0.481 e. The van der Waals surface area contributed by atoms with Gasteiger partial charge in [-0.15, -0.1) is 0 Å². The standard InChI is InChI=1S/C26H36N6O8/c1-13(2)22(25(38)30-18(26(39)40)8-10-21(34)35)32-24(37)19(31-23(36)16(27)7-9-20(28)33)11-14-12-29-17-6-4-3-5-15(14)17/h3-6,12-13,16,18-19,22,29H,7-11,27H2,1-2H3,(H2,28,33)(H,30,38)(H,31,36)(H,32,37)(H,34,35)(H,39,40). The number of para-hydroxylation sites is 1. The summed E-state index contributed by atoms with van der Waals surface area (Å²) < 4.78 is 0. The molecule has 1 aromatic carbocycles. The number of fused-ring (bicyclic) bond motifs is 1. The van der Waals surface area contributed by atoms with Crippen molar-refractivity contribution in [3.8, 4) is 0 Å². The minimum absolute atomic E-state index is 0.0208. The summed E-state index contributed by atoms with van der Waals surface area (Å²) in [4.78, 5) is 75.8. The van der Waals surface area contributed by atoms with Crippen LogP contribution >= 0.6 is 0 Å². The van der Waals surface area contributed by atoms with Gasteiger partial charge in [0, 0.05) is 36.4 Å². The molecule has 4 amide bonds. The molecule has 2 rings (SSSR count). The van der Waals surface area contributed by atoms with Crippen molar-refractivity contribution in [1.29, 1.82) is 0 Å². The second-order valence-corrected chi connectivity index (χ2v) is 9.80. The van der Waals surface area contributed by atoms with Gasteiger partial charge in [-0.3, -0.25) is 24.0 Å². The lowest BCUT2D eigenvalue weighted by molar-refractivity contribution is -0.143. The van der Waals surface area contributed by atoms with E-state index in [1.165, 1.54) is 0 Å². The molecular weight excluding hydrogens is 524 g/mol. The Morgan fingerprint density at radius 1 is 0.875 bits per heavy atom. The highest BCUT2D eigenvalue weighted by Crippen LogP contribution is 2.19. The van der Waals surface area contributed by atoms with Gasteiger partial charge in [-0.25, -0.2) is 4.79 Å². The first kappa shape index (κ1) is 31.8. The molecule has 0 spiro atoms. The van der Waals surface area contributed by atoms with Gasteiger partial charge in [0.1, 0.15) is 18.1 Å². The van der Waals surface area contributed by atoms with Crippen LogP contribution in [0.5, 0.6) is 0 Å². The van der Waals surface area contributed by atoms with Gasteiger partial charge >= 0.3 is 11.9 Å². The molecule has 14 nitrogen and oxygen atoms in total. The molecule has 0 aliphatic heterocycles. The molecule has 218 valence electrons. The van der Waals surface area contributed by atoms with Crippen LogP contribution in [0.3, 0.4) is 0 Å². The highest BCUT2D eigenvalue weighted by Gasteiger charge is 2.32. The first-order valence-electron chi connectivity index (χ1n) is 12.7. The van der Waals surface area contributed by atoms with Gasteiger partial charge in [0.05, 0.1) is 6.04 Å². The van der Waals surface area contributed by atoms with Crippen LogP contribution in [0.2, 0.25) is 0 Å². The molecule has 4 atom stereocenters. The number of nitrogens with two attached hydrogens (primary N) is 2. The number of aliphatic carboxylic acids is 2. The number of H-pyrrole nitrogens is 1. The van der Waals surface area contributed by atoms with E-state index in [4.69, 9.17) is 16.6 Å². The summed E-state index contributed by atoms with van der Waals surface area (Å²) in [6, 6.07) is 2.33. The van der Waals surface area contributed by atoms with E-state index >= 15 is 0 Å². The third-order valence-corrected chi connectivity index (χ3v) is 6.28. The van der Waals surface area contributed by atoms with Crippen LogP contribution in [-0.4, -0.2) is 74.9 Å². The number of carbonyl (C=O) groups excluding carboxylic acids is 4. The first-order chi connectivity index (χ1) is 18.8. The zero-order valence-corrected chi connectivity index (χ0v) is 22.3. The van der Waals surface area contributed by atoms with E-state index in [0.29, 0.717) is 5.56 Å². The first-order valence-corrected chi connectivity index (χ1v) is 12.7. The lowest BCUT2D eigenvalue weighted by Gasteiger charge is -2.27. The van der Waals surface area contributed by atoms with Crippen molar-refractivity contribution in [2.45, 2.75) is 70.1 Å². The van der Waals surface area contributed by atoms with E-state index in [0.717, 1.165) is 10.9 Å². The molecular formula is C26H36N6O8. The van der Waals surface area contributed by atoms with Gasteiger partial charge in [0.25, 0.3) is 0 Å². The lowest BCUT2D eigenvalue weighted by Crippen LogP contribution is -2.59. The molecule has 0 fully saturated rings. The molecule has 4 unspecified atom stereocenters. The van der Waals surface area contributed by atoms with Crippen molar-refractivity contribution in [3.05, 3.63) is 36.0 Å². The fourth-order valence-electron chi connectivity index (χ4n) is 4.01. The largest absolute Gasteiger partial charge is 0.481 e. The van der Waals surface area contributed by atoms with Crippen LogP contribution in [0.15, 0.2) is 30.5 Å². The van der Waals surface area contributed by atoms with Crippen molar-refractivity contribution in [2.24, 2.45) is 17.4 Å². The predicted molar refractivity (Wildman–Crippen MR) is 144 cm³/mol. The normalized spacial score (nSPS) is 14.1. The molecule has 14 heteroatoms. The Morgan fingerprint density at radius 2 is 1.52 bits per heavy atom. The Bertz CT molecular complexity index is 1240. The number of nitrogens with one attached hydrogen (secondary N) is 4. The average molecular weight is 561 g/mol. The number of carbonyl (C=O) groups is 6. The molecule has 0 aliphatic carbocycles. The van der Waals surface area contributed by atoms with Gasteiger partial charge in [0.15, 0.2) is 0 Å². The van der Waals surface area contributed by atoms with E-state index in [1.54, 1.807) is 20.0 Å². The summed E-state index contributed by atoms with van der Waals surface area (Å²) in [6.45, 7) is 3.26. The van der Waals surface area contributed by atoms with Gasteiger partial charge in [-0.05, 0) is 30.4 Å². The zero-order valence-electron chi connectivity index (χ0n) is 22.3. The van der Waals surface area contributed by atoms with E-state index in [1.807, 2.05) is 24.3 Å². The number of rotatable bonds is 16. The molecule has 1 heterocycles. The molecule has 1 aromatic heterocycles. The maximum atomic E-state index is 13.5. The Labute approximate surface area is 230 Å². The van der Waals surface area contributed by atoms with Crippen LogP contribution in [-0.2, 0) is 35.2 Å². The minimum atomic E-state index is -1.48. The third kappa shape index (κ3) is 9.38. The molecule has 40 heavy (non-hydrogen) atoms. The molecule has 0 bridgehead atoms. The van der Waals surface area contributed by atoms with Gasteiger partial charge in [-0.2, -0.15) is 0 Å². The Morgan fingerprint density at radius 3 is 2.12 bits per heavy atom. The van der Waals surface area contributed by atoms with Crippen molar-refractivity contribution < 1.29 is 39.0 Å². The van der Waals surface area contributed by atoms with Crippen molar-refractivity contribution >= 4 is 46.5 Å². The Kier molecular flexibility index (Phi) is 11.6. The van der Waals surface area contributed by atoms with Gasteiger partial charge in [0.2, 0.25) is 23.6 Å². The number of carboxylic acid groups (broad SMARTS) is 2. The Balaban J connectivity index is 2.26. The predicted octanol–water partition coefficient (Wildman–Crippen LogP) is -0.637. The van der Waals surface area contributed by atoms with Gasteiger partial charge < -0.3 is 42.6 Å². The van der Waals surface area contributed by atoms with Crippen LogP contribution in [0.1, 0.15) is 45.1 Å². The number of amides is 4. The zero-order chi connectivity index (χ0) is 30.0. The molecule has 0 radical (unpaired) electrons. The molecule has 2 aromatic rings. The lowest BCUT2D eigenvalue weighted by atomic mass is 9.99. The number of primary amides is 1. The van der Waals surface area contributed by atoms with Crippen LogP contribution in [0, 0.1) is 5.92 Å². The summed E-state index contributed by atoms with van der Waals surface area (Å²) in [6.07, 6.45) is 0.717. The quantitative estimate of drug-likeness (QED) is 0.130. The molecule has 0 saturated heterocycles. The summed E-state index contributed by atoms with van der Waals surface area (Å²) in [7, 11) is 0. The summed E-state index contributed by atoms with van der Waals surface area (Å²) in [5, 5.41) is 26.5. The highest BCUT2D eigenvalue weighted by atomic mass is 16.4. The fourth-order valence-corrected chi connectivity index (χ4v) is 4.01. The van der Waals surface area contributed by atoms with Crippen molar-refractivity contribution in [3.63, 3.8) is 0 Å². The van der Waals surface area contributed by atoms with Crippen LogP contribution in [0.4, 0.5) is 0 Å². The molecule has 0 saturated carbocycles. The molecule has 10 N–H and O–H groups in total. The third-order valence-electron chi connectivity index (χ3n) is 6.28. The molecule has 0 aliphatic rings.